The van der Waals surface area contributed by atoms with Crippen molar-refractivity contribution in [1.29, 1.82) is 0 Å². The smallest absolute Gasteiger partial charge is 0.254 e. The fourth-order valence-electron chi connectivity index (χ4n) is 4.11. The van der Waals surface area contributed by atoms with E-state index in [4.69, 9.17) is 13.9 Å². The first-order chi connectivity index (χ1) is 16.5. The maximum atomic E-state index is 13.6. The summed E-state index contributed by atoms with van der Waals surface area (Å²) < 4.78 is 16.7. The molecule has 1 saturated carbocycles. The van der Waals surface area contributed by atoms with Crippen molar-refractivity contribution in [3.8, 4) is 11.5 Å². The zero-order valence-corrected chi connectivity index (χ0v) is 19.5. The van der Waals surface area contributed by atoms with Gasteiger partial charge in [-0.25, -0.2) is 0 Å². The summed E-state index contributed by atoms with van der Waals surface area (Å²) in [5.74, 6) is 2.64. The molecule has 0 radical (unpaired) electrons. The highest BCUT2D eigenvalue weighted by Crippen LogP contribution is 2.33. The van der Waals surface area contributed by atoms with Crippen LogP contribution in [0.4, 0.5) is 0 Å². The Balaban J connectivity index is 1.36. The first-order valence-corrected chi connectivity index (χ1v) is 11.6. The Hall–Kier alpha value is -3.74. The van der Waals surface area contributed by atoms with Crippen molar-refractivity contribution in [2.24, 2.45) is 0 Å². The predicted octanol–water partition coefficient (Wildman–Crippen LogP) is 4.46. The molecule has 2 aromatic carbocycles. The van der Waals surface area contributed by atoms with E-state index in [1.165, 1.54) is 0 Å². The van der Waals surface area contributed by atoms with Crippen LogP contribution in [-0.4, -0.2) is 41.0 Å². The molecule has 7 heteroatoms. The van der Waals surface area contributed by atoms with Gasteiger partial charge in [0, 0.05) is 18.2 Å². The summed E-state index contributed by atoms with van der Waals surface area (Å²) in [5, 5.41) is 0. The van der Waals surface area contributed by atoms with E-state index in [0.717, 1.165) is 29.7 Å². The fourth-order valence-corrected chi connectivity index (χ4v) is 4.11. The molecule has 2 aliphatic rings. The van der Waals surface area contributed by atoms with Crippen LogP contribution in [0.1, 0.15) is 45.8 Å². The monoisotopic (exact) mass is 460 g/mol. The first kappa shape index (κ1) is 22.1. The number of aryl methyl sites for hydroxylation is 2. The standard InChI is InChI=1S/C27H28N2O5/c1-18-3-7-21(8-4-18)27(31)29(22-9-10-22)16-26(30)28(15-23-11-5-19(2)34-23)14-20-6-12-24-25(13-20)33-17-32-24/h3-8,11-13,22H,9-10,14-17H2,1-2H3. The second-order valence-corrected chi connectivity index (χ2v) is 8.98. The third-order valence-corrected chi connectivity index (χ3v) is 6.16. The summed E-state index contributed by atoms with van der Waals surface area (Å²) in [4.78, 5) is 30.3. The first-order valence-electron chi connectivity index (χ1n) is 11.6. The minimum absolute atomic E-state index is 0.0294. The fraction of sp³-hybridized carbons (Fsp3) is 0.333. The second-order valence-electron chi connectivity index (χ2n) is 8.98. The molecule has 0 N–H and O–H groups in total. The molecule has 0 spiro atoms. The Morgan fingerprint density at radius 1 is 0.912 bits per heavy atom. The summed E-state index contributed by atoms with van der Waals surface area (Å²) in [6, 6.07) is 17.0. The molecular weight excluding hydrogens is 432 g/mol. The van der Waals surface area contributed by atoms with E-state index in [1.807, 2.05) is 68.4 Å². The number of hydrogen-bond donors (Lipinski definition) is 0. The van der Waals surface area contributed by atoms with Crippen LogP contribution >= 0.6 is 0 Å². The minimum atomic E-state index is -0.126. The Morgan fingerprint density at radius 3 is 2.38 bits per heavy atom. The van der Waals surface area contributed by atoms with E-state index in [9.17, 15) is 9.59 Å². The van der Waals surface area contributed by atoms with Gasteiger partial charge in [0.15, 0.2) is 11.5 Å². The van der Waals surface area contributed by atoms with Crippen molar-refractivity contribution in [2.75, 3.05) is 13.3 Å². The van der Waals surface area contributed by atoms with Gasteiger partial charge in [-0.1, -0.05) is 23.8 Å². The molecule has 0 unspecified atom stereocenters. The number of carbonyl (C=O) groups is 2. The molecule has 0 atom stereocenters. The normalized spacial score (nSPS) is 14.2. The molecule has 5 rings (SSSR count). The molecular formula is C27H28N2O5. The molecule has 1 aliphatic heterocycles. The summed E-state index contributed by atoms with van der Waals surface area (Å²) in [5.41, 5.74) is 2.62. The predicted molar refractivity (Wildman–Crippen MR) is 126 cm³/mol. The summed E-state index contributed by atoms with van der Waals surface area (Å²) >= 11 is 0. The zero-order valence-electron chi connectivity index (χ0n) is 19.5. The van der Waals surface area contributed by atoms with Crippen molar-refractivity contribution in [3.05, 3.63) is 82.8 Å². The largest absolute Gasteiger partial charge is 0.464 e. The molecule has 176 valence electrons. The molecule has 0 bridgehead atoms. The van der Waals surface area contributed by atoms with Crippen LogP contribution in [0.5, 0.6) is 11.5 Å². The van der Waals surface area contributed by atoms with Crippen LogP contribution in [0.25, 0.3) is 0 Å². The van der Waals surface area contributed by atoms with Crippen molar-refractivity contribution >= 4 is 11.8 Å². The van der Waals surface area contributed by atoms with Crippen molar-refractivity contribution in [2.45, 2.75) is 45.8 Å². The molecule has 1 aromatic heterocycles. The van der Waals surface area contributed by atoms with Crippen LogP contribution in [0.2, 0.25) is 0 Å². The third-order valence-electron chi connectivity index (χ3n) is 6.16. The van der Waals surface area contributed by atoms with Gasteiger partial charge >= 0.3 is 0 Å². The van der Waals surface area contributed by atoms with Crippen molar-refractivity contribution < 1.29 is 23.5 Å². The van der Waals surface area contributed by atoms with Crippen molar-refractivity contribution in [3.63, 3.8) is 0 Å². The number of fused-ring (bicyclic) bond motifs is 1. The summed E-state index contributed by atoms with van der Waals surface area (Å²) in [7, 11) is 0. The number of rotatable bonds is 8. The third kappa shape index (κ3) is 4.93. The van der Waals surface area contributed by atoms with E-state index in [0.29, 0.717) is 35.9 Å². The van der Waals surface area contributed by atoms with Crippen LogP contribution in [0.15, 0.2) is 59.0 Å². The molecule has 34 heavy (non-hydrogen) atoms. The van der Waals surface area contributed by atoms with Gasteiger partial charge in [-0.05, 0) is 68.7 Å². The van der Waals surface area contributed by atoms with Crippen LogP contribution < -0.4 is 9.47 Å². The van der Waals surface area contributed by atoms with E-state index in [1.54, 1.807) is 9.80 Å². The van der Waals surface area contributed by atoms with Gasteiger partial charge in [0.25, 0.3) is 5.91 Å². The van der Waals surface area contributed by atoms with Gasteiger partial charge < -0.3 is 23.7 Å². The van der Waals surface area contributed by atoms with E-state index in [-0.39, 0.29) is 31.2 Å². The van der Waals surface area contributed by atoms with Gasteiger partial charge in [0.05, 0.1) is 6.54 Å². The number of nitrogens with zero attached hydrogens (tertiary/aromatic N) is 2. The van der Waals surface area contributed by atoms with Gasteiger partial charge in [0.1, 0.15) is 18.1 Å². The molecule has 3 aromatic rings. The number of hydrogen-bond acceptors (Lipinski definition) is 5. The van der Waals surface area contributed by atoms with Crippen LogP contribution in [0, 0.1) is 13.8 Å². The highest BCUT2D eigenvalue weighted by atomic mass is 16.7. The van der Waals surface area contributed by atoms with E-state index >= 15 is 0 Å². The Labute approximate surface area is 198 Å². The maximum Gasteiger partial charge on any atom is 0.254 e. The Bertz CT molecular complexity index is 1200. The summed E-state index contributed by atoms with van der Waals surface area (Å²) in [6.45, 7) is 4.78. The number of furan rings is 1. The van der Waals surface area contributed by atoms with Gasteiger partial charge in [-0.2, -0.15) is 0 Å². The van der Waals surface area contributed by atoms with Gasteiger partial charge in [-0.15, -0.1) is 0 Å². The maximum absolute atomic E-state index is 13.6. The highest BCUT2D eigenvalue weighted by molar-refractivity contribution is 5.97. The lowest BCUT2D eigenvalue weighted by atomic mass is 10.1. The molecule has 0 saturated heterocycles. The summed E-state index contributed by atoms with van der Waals surface area (Å²) in [6.07, 6.45) is 1.84. The van der Waals surface area contributed by atoms with Crippen molar-refractivity contribution in [1.82, 2.24) is 9.80 Å². The molecule has 2 heterocycles. The van der Waals surface area contributed by atoms with Gasteiger partial charge in [-0.3, -0.25) is 9.59 Å². The molecule has 7 nitrogen and oxygen atoms in total. The zero-order chi connectivity index (χ0) is 23.7. The molecule has 2 amide bonds. The lowest BCUT2D eigenvalue weighted by Gasteiger charge is -2.27. The lowest BCUT2D eigenvalue weighted by Crippen LogP contribution is -2.43. The topological polar surface area (TPSA) is 72.2 Å². The van der Waals surface area contributed by atoms with E-state index < -0.39 is 0 Å². The molecule has 1 aliphatic carbocycles. The second kappa shape index (κ2) is 9.25. The average Bonchev–Trinajstić information content (AvgIpc) is 3.42. The Morgan fingerprint density at radius 2 is 1.68 bits per heavy atom. The average molecular weight is 461 g/mol. The molecule has 1 fully saturated rings. The number of carbonyl (C=O) groups excluding carboxylic acids is 2. The SMILES string of the molecule is Cc1ccc(C(=O)N(CC(=O)N(Cc2ccc3c(c2)OCO3)Cc2ccc(C)o2)C2CC2)cc1. The lowest BCUT2D eigenvalue weighted by molar-refractivity contribution is -0.133. The minimum Gasteiger partial charge on any atom is -0.464 e. The number of ether oxygens (including phenoxy) is 2. The number of amides is 2. The van der Waals surface area contributed by atoms with Crippen LogP contribution in [0.3, 0.4) is 0 Å². The number of benzene rings is 2. The van der Waals surface area contributed by atoms with E-state index in [2.05, 4.69) is 0 Å². The van der Waals surface area contributed by atoms with Crippen LogP contribution in [-0.2, 0) is 17.9 Å². The Kier molecular flexibility index (Phi) is 6.01. The quantitative estimate of drug-likeness (QED) is 0.496. The highest BCUT2D eigenvalue weighted by Gasteiger charge is 2.35. The van der Waals surface area contributed by atoms with Gasteiger partial charge in [0.2, 0.25) is 12.7 Å².